The number of sulfonamides is 1. The molecule has 1 aliphatic rings. The lowest BCUT2D eigenvalue weighted by Gasteiger charge is -2.16. The molecule has 0 unspecified atom stereocenters. The molecule has 0 radical (unpaired) electrons. The number of hydrogen-bond acceptors (Lipinski definition) is 6. The van der Waals surface area contributed by atoms with E-state index in [2.05, 4.69) is 4.98 Å². The van der Waals surface area contributed by atoms with Crippen LogP contribution in [0.15, 0.2) is 47.4 Å². The number of nitrogens with zero attached hydrogens (tertiary/aromatic N) is 2. The Morgan fingerprint density at radius 3 is 2.48 bits per heavy atom. The number of ether oxygens (including phenoxy) is 1. The highest BCUT2D eigenvalue weighted by Gasteiger charge is 2.29. The second-order valence-corrected chi connectivity index (χ2v) is 12.4. The third-order valence-corrected chi connectivity index (χ3v) is 8.69. The standard InChI is InChI=1S/C28H26F3N3O4S2/c1-3-38-28(35)26-15(2)39-27(33-26)19-13-23(18-7-8-20(29)21(30)12-18)34(24(19)11-16-4-5-16)14-17-6-9-25(22(31)10-17)40(32,36)37/h6-10,12-13,16H,3-5,11,14H2,1-2H3,(H2,32,36,37). The van der Waals surface area contributed by atoms with Crippen molar-refractivity contribution >= 4 is 27.3 Å². The molecule has 4 aromatic rings. The van der Waals surface area contributed by atoms with E-state index in [1.807, 2.05) is 10.6 Å². The van der Waals surface area contributed by atoms with Gasteiger partial charge in [-0.15, -0.1) is 11.3 Å². The number of carbonyl (C=O) groups excluding carboxylic acids is 1. The van der Waals surface area contributed by atoms with E-state index in [0.29, 0.717) is 39.0 Å². The molecular weight excluding hydrogens is 563 g/mol. The van der Waals surface area contributed by atoms with E-state index in [1.165, 1.54) is 23.5 Å². The zero-order valence-electron chi connectivity index (χ0n) is 21.7. The van der Waals surface area contributed by atoms with Gasteiger partial charge in [0.05, 0.1) is 6.61 Å². The second-order valence-electron chi connectivity index (χ2n) is 9.71. The molecule has 0 atom stereocenters. The Balaban J connectivity index is 1.69. The Morgan fingerprint density at radius 2 is 1.85 bits per heavy atom. The quantitative estimate of drug-likeness (QED) is 0.248. The molecule has 210 valence electrons. The number of carbonyl (C=O) groups is 1. The smallest absolute Gasteiger partial charge is 0.358 e. The van der Waals surface area contributed by atoms with Gasteiger partial charge in [-0.2, -0.15) is 0 Å². The van der Waals surface area contributed by atoms with Gasteiger partial charge in [0.15, 0.2) is 17.3 Å². The summed E-state index contributed by atoms with van der Waals surface area (Å²) in [5.41, 5.74) is 3.13. The number of primary sulfonamides is 1. The van der Waals surface area contributed by atoms with Gasteiger partial charge in [0.2, 0.25) is 10.0 Å². The summed E-state index contributed by atoms with van der Waals surface area (Å²) in [4.78, 5) is 17.1. The molecule has 0 aliphatic heterocycles. The number of halogens is 3. The molecule has 0 saturated heterocycles. The second kappa shape index (κ2) is 10.8. The number of aryl methyl sites for hydroxylation is 1. The number of hydrogen-bond donors (Lipinski definition) is 1. The average molecular weight is 590 g/mol. The number of rotatable bonds is 9. The zero-order chi connectivity index (χ0) is 28.8. The summed E-state index contributed by atoms with van der Waals surface area (Å²) >= 11 is 1.32. The van der Waals surface area contributed by atoms with E-state index in [1.54, 1.807) is 13.8 Å². The molecule has 0 bridgehead atoms. The van der Waals surface area contributed by atoms with Gasteiger partial charge in [-0.1, -0.05) is 6.07 Å². The minimum Gasteiger partial charge on any atom is -0.461 e. The first kappa shape index (κ1) is 28.1. The minimum absolute atomic E-state index is 0.104. The summed E-state index contributed by atoms with van der Waals surface area (Å²) in [6.07, 6.45) is 2.69. The number of benzene rings is 2. The first-order valence-corrected chi connectivity index (χ1v) is 15.0. The van der Waals surface area contributed by atoms with Gasteiger partial charge in [-0.05, 0) is 81.0 Å². The summed E-state index contributed by atoms with van der Waals surface area (Å²) in [6, 6.07) is 9.07. The van der Waals surface area contributed by atoms with Gasteiger partial charge >= 0.3 is 5.97 Å². The van der Waals surface area contributed by atoms with Crippen molar-refractivity contribution in [2.75, 3.05) is 6.61 Å². The topological polar surface area (TPSA) is 104 Å². The van der Waals surface area contributed by atoms with E-state index < -0.39 is 38.3 Å². The van der Waals surface area contributed by atoms with Crippen LogP contribution in [0.25, 0.3) is 21.8 Å². The van der Waals surface area contributed by atoms with Crippen molar-refractivity contribution in [3.63, 3.8) is 0 Å². The molecule has 1 fully saturated rings. The molecule has 2 aromatic heterocycles. The summed E-state index contributed by atoms with van der Waals surface area (Å²) < 4.78 is 73.3. The minimum atomic E-state index is -4.25. The molecule has 2 heterocycles. The van der Waals surface area contributed by atoms with Gasteiger partial charge in [-0.3, -0.25) is 0 Å². The van der Waals surface area contributed by atoms with Gasteiger partial charge < -0.3 is 9.30 Å². The van der Waals surface area contributed by atoms with Crippen LogP contribution < -0.4 is 5.14 Å². The number of thiazole rings is 1. The van der Waals surface area contributed by atoms with Gasteiger partial charge in [0.25, 0.3) is 0 Å². The molecule has 0 spiro atoms. The van der Waals surface area contributed by atoms with E-state index in [9.17, 15) is 26.4 Å². The molecule has 12 heteroatoms. The highest BCUT2D eigenvalue weighted by atomic mass is 32.2. The first-order valence-electron chi connectivity index (χ1n) is 12.6. The van der Waals surface area contributed by atoms with Crippen LogP contribution in [-0.2, 0) is 27.7 Å². The maximum Gasteiger partial charge on any atom is 0.358 e. The third-order valence-electron chi connectivity index (χ3n) is 6.74. The fourth-order valence-electron chi connectivity index (χ4n) is 4.62. The van der Waals surface area contributed by atoms with Crippen molar-refractivity contribution < 1.29 is 31.1 Å². The van der Waals surface area contributed by atoms with Crippen molar-refractivity contribution in [1.29, 1.82) is 0 Å². The lowest BCUT2D eigenvalue weighted by molar-refractivity contribution is 0.0519. The van der Waals surface area contributed by atoms with Crippen LogP contribution in [0.4, 0.5) is 13.2 Å². The van der Waals surface area contributed by atoms with Crippen LogP contribution in [0, 0.1) is 30.3 Å². The normalized spacial score (nSPS) is 13.6. The molecule has 40 heavy (non-hydrogen) atoms. The van der Waals surface area contributed by atoms with Crippen LogP contribution in [0.1, 0.15) is 46.4 Å². The van der Waals surface area contributed by atoms with Crippen LogP contribution in [-0.4, -0.2) is 30.5 Å². The maximum absolute atomic E-state index is 14.7. The number of nitrogens with two attached hydrogens (primary N) is 1. The highest BCUT2D eigenvalue weighted by Crippen LogP contribution is 2.41. The Labute approximate surface area is 233 Å². The predicted molar refractivity (Wildman–Crippen MR) is 145 cm³/mol. The summed E-state index contributed by atoms with van der Waals surface area (Å²) in [7, 11) is -4.25. The Bertz CT molecular complexity index is 1730. The zero-order valence-corrected chi connectivity index (χ0v) is 23.3. The molecular formula is C28H26F3N3O4S2. The molecule has 2 N–H and O–H groups in total. The fraction of sp³-hybridized carbons (Fsp3) is 0.286. The van der Waals surface area contributed by atoms with Crippen molar-refractivity contribution in [2.45, 2.75) is 44.6 Å². The largest absolute Gasteiger partial charge is 0.461 e. The molecule has 1 saturated carbocycles. The maximum atomic E-state index is 14.7. The van der Waals surface area contributed by atoms with Crippen LogP contribution in [0.5, 0.6) is 0 Å². The lowest BCUT2D eigenvalue weighted by Crippen LogP contribution is -2.14. The van der Waals surface area contributed by atoms with Crippen molar-refractivity contribution in [1.82, 2.24) is 9.55 Å². The molecule has 2 aromatic carbocycles. The summed E-state index contributed by atoms with van der Waals surface area (Å²) in [6.45, 7) is 3.79. The van der Waals surface area contributed by atoms with E-state index in [-0.39, 0.29) is 18.8 Å². The van der Waals surface area contributed by atoms with Gasteiger partial charge in [-0.25, -0.2) is 36.5 Å². The fourth-order valence-corrected chi connectivity index (χ4v) is 6.15. The van der Waals surface area contributed by atoms with E-state index in [4.69, 9.17) is 9.88 Å². The van der Waals surface area contributed by atoms with Crippen LogP contribution >= 0.6 is 11.3 Å². The average Bonchev–Trinajstić information content (AvgIpc) is 3.52. The SMILES string of the molecule is CCOC(=O)c1nc(-c2cc(-c3ccc(F)c(F)c3)n(Cc3ccc(S(N)(=O)=O)c(F)c3)c2CC2CC2)sc1C. The summed E-state index contributed by atoms with van der Waals surface area (Å²) in [5.74, 6) is -3.13. The molecule has 0 amide bonds. The molecule has 1 aliphatic carbocycles. The van der Waals surface area contributed by atoms with E-state index in [0.717, 1.165) is 48.4 Å². The number of esters is 1. The first-order chi connectivity index (χ1) is 19.0. The Hall–Kier alpha value is -3.48. The third kappa shape index (κ3) is 5.70. The monoisotopic (exact) mass is 589 g/mol. The highest BCUT2D eigenvalue weighted by molar-refractivity contribution is 7.89. The Kier molecular flexibility index (Phi) is 7.60. The van der Waals surface area contributed by atoms with Crippen LogP contribution in [0.3, 0.4) is 0 Å². The summed E-state index contributed by atoms with van der Waals surface area (Å²) in [5, 5.41) is 5.68. The molecule has 5 rings (SSSR count). The van der Waals surface area contributed by atoms with Crippen molar-refractivity contribution in [3.8, 4) is 21.8 Å². The van der Waals surface area contributed by atoms with Crippen molar-refractivity contribution in [2.24, 2.45) is 11.1 Å². The van der Waals surface area contributed by atoms with E-state index >= 15 is 0 Å². The Morgan fingerprint density at radius 1 is 1.10 bits per heavy atom. The predicted octanol–water partition coefficient (Wildman–Crippen LogP) is 5.83. The molecule has 7 nitrogen and oxygen atoms in total. The van der Waals surface area contributed by atoms with Crippen LogP contribution in [0.2, 0.25) is 0 Å². The van der Waals surface area contributed by atoms with Gasteiger partial charge in [0, 0.05) is 33.9 Å². The van der Waals surface area contributed by atoms with Crippen molar-refractivity contribution in [3.05, 3.63) is 81.7 Å². The van der Waals surface area contributed by atoms with Gasteiger partial charge in [0.1, 0.15) is 15.7 Å². The lowest BCUT2D eigenvalue weighted by atomic mass is 10.1. The number of aromatic nitrogens is 2.